The van der Waals surface area contributed by atoms with Crippen molar-refractivity contribution >= 4 is 0 Å². The minimum absolute atomic E-state index is 0.130. The van der Waals surface area contributed by atoms with Gasteiger partial charge in [0, 0.05) is 24.0 Å². The molecule has 1 heterocycles. The van der Waals surface area contributed by atoms with Crippen LogP contribution < -0.4 is 5.73 Å². The third-order valence-corrected chi connectivity index (χ3v) is 3.17. The summed E-state index contributed by atoms with van der Waals surface area (Å²) < 4.78 is 13.3. The van der Waals surface area contributed by atoms with Crippen LogP contribution in [0.2, 0.25) is 0 Å². The molecule has 3 nitrogen and oxygen atoms in total. The van der Waals surface area contributed by atoms with E-state index in [1.54, 1.807) is 18.5 Å². The Hall–Kier alpha value is -1.81. The zero-order valence-electron chi connectivity index (χ0n) is 11.2. The van der Waals surface area contributed by atoms with Gasteiger partial charge in [0.25, 0.3) is 0 Å². The highest BCUT2D eigenvalue weighted by Crippen LogP contribution is 2.20. The minimum atomic E-state index is -0.277. The first-order valence-corrected chi connectivity index (χ1v) is 6.43. The maximum absolute atomic E-state index is 13.3. The second-order valence-electron chi connectivity index (χ2n) is 4.75. The van der Waals surface area contributed by atoms with Gasteiger partial charge in [0.05, 0.1) is 0 Å². The molecule has 0 aliphatic rings. The molecule has 0 fully saturated rings. The summed E-state index contributed by atoms with van der Waals surface area (Å²) in [5, 5.41) is 0. The standard InChI is InChI=1S/C15H18FN3/c1-3-13(17)6-11-8-18-15(19-9-11)14-7-12(16)5-4-10(14)2/h4-5,7-9,13H,3,6,17H2,1-2H3. The van der Waals surface area contributed by atoms with Crippen molar-refractivity contribution in [1.82, 2.24) is 9.97 Å². The van der Waals surface area contributed by atoms with Gasteiger partial charge in [0.2, 0.25) is 0 Å². The Morgan fingerprint density at radius 2 is 1.95 bits per heavy atom. The van der Waals surface area contributed by atoms with E-state index < -0.39 is 0 Å². The molecule has 0 saturated carbocycles. The molecular weight excluding hydrogens is 241 g/mol. The van der Waals surface area contributed by atoms with Crippen molar-refractivity contribution in [3.8, 4) is 11.4 Å². The van der Waals surface area contributed by atoms with Crippen LogP contribution in [0.1, 0.15) is 24.5 Å². The van der Waals surface area contributed by atoms with E-state index in [9.17, 15) is 4.39 Å². The van der Waals surface area contributed by atoms with Gasteiger partial charge in [-0.05, 0) is 43.0 Å². The van der Waals surface area contributed by atoms with Crippen LogP contribution in [0.25, 0.3) is 11.4 Å². The fourth-order valence-electron chi connectivity index (χ4n) is 1.88. The molecule has 0 bridgehead atoms. The number of halogens is 1. The number of benzene rings is 1. The molecule has 1 aromatic carbocycles. The van der Waals surface area contributed by atoms with Crippen molar-refractivity contribution in [3.63, 3.8) is 0 Å². The molecule has 0 aliphatic heterocycles. The molecule has 1 atom stereocenters. The van der Waals surface area contributed by atoms with Gasteiger partial charge in [-0.2, -0.15) is 0 Å². The number of hydrogen-bond donors (Lipinski definition) is 1. The zero-order valence-corrected chi connectivity index (χ0v) is 11.2. The van der Waals surface area contributed by atoms with Crippen LogP contribution >= 0.6 is 0 Å². The highest BCUT2D eigenvalue weighted by atomic mass is 19.1. The largest absolute Gasteiger partial charge is 0.327 e. The Labute approximate surface area is 112 Å². The summed E-state index contributed by atoms with van der Waals surface area (Å²) in [6.07, 6.45) is 5.22. The molecule has 100 valence electrons. The molecule has 0 radical (unpaired) electrons. The van der Waals surface area contributed by atoms with Crippen molar-refractivity contribution in [2.45, 2.75) is 32.7 Å². The molecule has 2 aromatic rings. The number of nitrogens with two attached hydrogens (primary N) is 1. The summed E-state index contributed by atoms with van der Waals surface area (Å²) in [6.45, 7) is 3.97. The van der Waals surface area contributed by atoms with Crippen LogP contribution in [0.15, 0.2) is 30.6 Å². The van der Waals surface area contributed by atoms with Gasteiger partial charge in [-0.25, -0.2) is 14.4 Å². The number of aromatic nitrogens is 2. The van der Waals surface area contributed by atoms with E-state index in [1.807, 2.05) is 6.92 Å². The number of nitrogens with zero attached hydrogens (tertiary/aromatic N) is 2. The Morgan fingerprint density at radius 3 is 2.58 bits per heavy atom. The van der Waals surface area contributed by atoms with Crippen LogP contribution in [-0.4, -0.2) is 16.0 Å². The van der Waals surface area contributed by atoms with Crippen molar-refractivity contribution in [2.75, 3.05) is 0 Å². The first-order valence-electron chi connectivity index (χ1n) is 6.43. The van der Waals surface area contributed by atoms with E-state index in [-0.39, 0.29) is 11.9 Å². The van der Waals surface area contributed by atoms with E-state index in [2.05, 4.69) is 16.9 Å². The van der Waals surface area contributed by atoms with Gasteiger partial charge < -0.3 is 5.73 Å². The Kier molecular flexibility index (Phi) is 4.22. The SMILES string of the molecule is CCC(N)Cc1cnc(-c2cc(F)ccc2C)nc1. The Morgan fingerprint density at radius 1 is 1.26 bits per heavy atom. The summed E-state index contributed by atoms with van der Waals surface area (Å²) in [5.74, 6) is 0.270. The van der Waals surface area contributed by atoms with E-state index in [1.165, 1.54) is 12.1 Å². The molecule has 2 N–H and O–H groups in total. The lowest BCUT2D eigenvalue weighted by atomic mass is 10.1. The lowest BCUT2D eigenvalue weighted by molar-refractivity contribution is 0.627. The summed E-state index contributed by atoms with van der Waals surface area (Å²) in [6, 6.07) is 4.76. The lowest BCUT2D eigenvalue weighted by Gasteiger charge is -2.09. The Bertz CT molecular complexity index is 552. The summed E-state index contributed by atoms with van der Waals surface area (Å²) in [7, 11) is 0. The average Bonchev–Trinajstić information content (AvgIpc) is 2.42. The van der Waals surface area contributed by atoms with Crippen LogP contribution in [-0.2, 0) is 6.42 Å². The fourth-order valence-corrected chi connectivity index (χ4v) is 1.88. The number of aryl methyl sites for hydroxylation is 1. The van der Waals surface area contributed by atoms with Crippen molar-refractivity contribution in [3.05, 3.63) is 47.5 Å². The summed E-state index contributed by atoms with van der Waals surface area (Å²) in [4.78, 5) is 8.61. The third kappa shape index (κ3) is 3.35. The zero-order chi connectivity index (χ0) is 13.8. The first kappa shape index (κ1) is 13.6. The van der Waals surface area contributed by atoms with Crippen LogP contribution in [0.4, 0.5) is 4.39 Å². The maximum Gasteiger partial charge on any atom is 0.159 e. The fraction of sp³-hybridized carbons (Fsp3) is 0.333. The van der Waals surface area contributed by atoms with E-state index in [0.29, 0.717) is 5.82 Å². The normalized spacial score (nSPS) is 12.4. The molecule has 1 unspecified atom stereocenters. The molecule has 0 saturated heterocycles. The molecule has 2 rings (SSSR count). The van der Waals surface area contributed by atoms with Gasteiger partial charge >= 0.3 is 0 Å². The van der Waals surface area contributed by atoms with E-state index >= 15 is 0 Å². The van der Waals surface area contributed by atoms with Gasteiger partial charge in [0.15, 0.2) is 5.82 Å². The topological polar surface area (TPSA) is 51.8 Å². The first-order chi connectivity index (χ1) is 9.10. The van der Waals surface area contributed by atoms with Gasteiger partial charge in [-0.3, -0.25) is 0 Å². The monoisotopic (exact) mass is 259 g/mol. The van der Waals surface area contributed by atoms with E-state index in [4.69, 9.17) is 5.73 Å². The van der Waals surface area contributed by atoms with Gasteiger partial charge in [0.1, 0.15) is 5.82 Å². The number of rotatable bonds is 4. The van der Waals surface area contributed by atoms with Crippen LogP contribution in [0.5, 0.6) is 0 Å². The lowest BCUT2D eigenvalue weighted by Crippen LogP contribution is -2.21. The van der Waals surface area contributed by atoms with E-state index in [0.717, 1.165) is 29.5 Å². The highest BCUT2D eigenvalue weighted by molar-refractivity contribution is 5.59. The molecule has 0 spiro atoms. The van der Waals surface area contributed by atoms with Gasteiger partial charge in [-0.1, -0.05) is 13.0 Å². The molecule has 19 heavy (non-hydrogen) atoms. The minimum Gasteiger partial charge on any atom is -0.327 e. The molecule has 0 aliphatic carbocycles. The van der Waals surface area contributed by atoms with Crippen LogP contribution in [0, 0.1) is 12.7 Å². The van der Waals surface area contributed by atoms with Crippen molar-refractivity contribution in [1.29, 1.82) is 0 Å². The van der Waals surface area contributed by atoms with Crippen molar-refractivity contribution < 1.29 is 4.39 Å². The summed E-state index contributed by atoms with van der Waals surface area (Å²) in [5.41, 5.74) is 8.59. The number of hydrogen-bond acceptors (Lipinski definition) is 3. The average molecular weight is 259 g/mol. The predicted molar refractivity (Wildman–Crippen MR) is 74.1 cm³/mol. The maximum atomic E-state index is 13.3. The highest BCUT2D eigenvalue weighted by Gasteiger charge is 2.08. The van der Waals surface area contributed by atoms with Gasteiger partial charge in [-0.15, -0.1) is 0 Å². The quantitative estimate of drug-likeness (QED) is 0.918. The molecule has 0 amide bonds. The molecular formula is C15H18FN3. The Balaban J connectivity index is 2.25. The smallest absolute Gasteiger partial charge is 0.159 e. The summed E-state index contributed by atoms with van der Waals surface area (Å²) >= 11 is 0. The second-order valence-corrected chi connectivity index (χ2v) is 4.75. The predicted octanol–water partition coefficient (Wildman–Crippen LogP) is 2.87. The third-order valence-electron chi connectivity index (χ3n) is 3.17. The van der Waals surface area contributed by atoms with Crippen LogP contribution in [0.3, 0.4) is 0 Å². The molecule has 1 aromatic heterocycles. The van der Waals surface area contributed by atoms with Crippen molar-refractivity contribution in [2.24, 2.45) is 5.73 Å². The molecule has 4 heteroatoms. The second kappa shape index (κ2) is 5.89.